The maximum absolute atomic E-state index is 12.9. The first-order chi connectivity index (χ1) is 14.6. The monoisotopic (exact) mass is 445 g/mol. The van der Waals surface area contributed by atoms with E-state index in [1.54, 1.807) is 0 Å². The Balaban J connectivity index is 1.32. The molecule has 0 bridgehead atoms. The third-order valence-electron chi connectivity index (χ3n) is 5.54. The minimum Gasteiger partial charge on any atom is -0.346 e. The van der Waals surface area contributed by atoms with Crippen LogP contribution in [0.5, 0.6) is 0 Å². The van der Waals surface area contributed by atoms with Crippen LogP contribution in [0.25, 0.3) is 0 Å². The van der Waals surface area contributed by atoms with E-state index in [1.807, 2.05) is 47.9 Å². The Morgan fingerprint density at radius 2 is 1.90 bits per heavy atom. The van der Waals surface area contributed by atoms with Gasteiger partial charge in [-0.3, -0.25) is 14.5 Å². The lowest BCUT2D eigenvalue weighted by Crippen LogP contribution is -2.48. The topological polar surface area (TPSA) is 78.4 Å². The van der Waals surface area contributed by atoms with Gasteiger partial charge in [-0.25, -0.2) is 0 Å². The summed E-state index contributed by atoms with van der Waals surface area (Å²) in [5, 5.41) is 12.3. The number of thioether (sulfide) groups is 1. The van der Waals surface area contributed by atoms with Gasteiger partial charge in [0.05, 0.1) is 12.6 Å². The van der Waals surface area contributed by atoms with Crippen LogP contribution in [0.15, 0.2) is 24.3 Å². The highest BCUT2D eigenvalue weighted by atomic mass is 32.2. The van der Waals surface area contributed by atoms with Crippen LogP contribution in [-0.4, -0.2) is 69.0 Å². The summed E-state index contributed by atoms with van der Waals surface area (Å²) in [6.45, 7) is 5.64. The van der Waals surface area contributed by atoms with Gasteiger partial charge < -0.3 is 10.2 Å². The summed E-state index contributed by atoms with van der Waals surface area (Å²) in [6.07, 6.45) is 1.91. The molecule has 1 atom stereocenters. The Morgan fingerprint density at radius 3 is 2.67 bits per heavy atom. The largest absolute Gasteiger partial charge is 0.346 e. The number of aromatic nitrogens is 2. The third kappa shape index (κ3) is 5.19. The van der Waals surface area contributed by atoms with Crippen LogP contribution in [0.2, 0.25) is 0 Å². The van der Waals surface area contributed by atoms with Crippen molar-refractivity contribution >= 4 is 34.9 Å². The van der Waals surface area contributed by atoms with Gasteiger partial charge >= 0.3 is 0 Å². The van der Waals surface area contributed by atoms with Gasteiger partial charge in [-0.1, -0.05) is 41.2 Å². The standard InChI is InChI=1S/C21H27N5O2S2/c1-15-4-6-16(7-5-15)13-22-19(27)20-24-23-18(30-20)14-26-8-2-3-17(26)21(28)25-9-11-29-12-10-25/h4-7,17H,2-3,8-14H2,1H3,(H,22,27). The van der Waals surface area contributed by atoms with Crippen LogP contribution in [0.4, 0.5) is 0 Å². The van der Waals surface area contributed by atoms with Gasteiger partial charge in [-0.05, 0) is 31.9 Å². The predicted molar refractivity (Wildman–Crippen MR) is 120 cm³/mol. The van der Waals surface area contributed by atoms with Crippen LogP contribution in [0.3, 0.4) is 0 Å². The average Bonchev–Trinajstić information content (AvgIpc) is 3.43. The molecule has 2 aliphatic rings. The molecule has 2 saturated heterocycles. The Hall–Kier alpha value is -1.97. The minimum atomic E-state index is -0.209. The molecule has 3 heterocycles. The number of hydrogen-bond donors (Lipinski definition) is 1. The highest BCUT2D eigenvalue weighted by Gasteiger charge is 2.34. The summed E-state index contributed by atoms with van der Waals surface area (Å²) in [5.41, 5.74) is 2.24. The first-order valence-electron chi connectivity index (χ1n) is 10.4. The molecule has 0 aliphatic carbocycles. The Bertz CT molecular complexity index is 880. The number of aryl methyl sites for hydroxylation is 1. The molecular weight excluding hydrogens is 418 g/mol. The lowest BCUT2D eigenvalue weighted by Gasteiger charge is -2.32. The smallest absolute Gasteiger partial charge is 0.282 e. The zero-order chi connectivity index (χ0) is 20.9. The highest BCUT2D eigenvalue weighted by molar-refractivity contribution is 7.99. The number of likely N-dealkylation sites (tertiary alicyclic amines) is 1. The van der Waals surface area contributed by atoms with Crippen LogP contribution in [-0.2, 0) is 17.9 Å². The summed E-state index contributed by atoms with van der Waals surface area (Å²) < 4.78 is 0. The van der Waals surface area contributed by atoms with Crippen molar-refractivity contribution < 1.29 is 9.59 Å². The van der Waals surface area contributed by atoms with E-state index in [1.165, 1.54) is 16.9 Å². The average molecular weight is 446 g/mol. The van der Waals surface area contributed by atoms with Gasteiger partial charge in [0.25, 0.3) is 5.91 Å². The second-order valence-corrected chi connectivity index (χ2v) is 10.0. The van der Waals surface area contributed by atoms with Crippen molar-refractivity contribution in [2.75, 3.05) is 31.1 Å². The second-order valence-electron chi connectivity index (χ2n) is 7.74. The summed E-state index contributed by atoms with van der Waals surface area (Å²) in [4.78, 5) is 29.6. The van der Waals surface area contributed by atoms with Gasteiger partial charge in [0, 0.05) is 31.1 Å². The maximum atomic E-state index is 12.9. The normalized spacial score (nSPS) is 19.8. The molecule has 1 aromatic heterocycles. The number of carbonyl (C=O) groups excluding carboxylic acids is 2. The molecule has 1 aromatic carbocycles. The molecule has 2 fully saturated rings. The number of nitrogens with one attached hydrogen (secondary N) is 1. The summed E-state index contributed by atoms with van der Waals surface area (Å²) in [6, 6.07) is 8.00. The fraction of sp³-hybridized carbons (Fsp3) is 0.524. The van der Waals surface area contributed by atoms with Gasteiger partial charge in [-0.15, -0.1) is 10.2 Å². The molecule has 2 aliphatic heterocycles. The van der Waals surface area contributed by atoms with Crippen molar-refractivity contribution in [3.8, 4) is 0 Å². The Labute approximate surface area is 185 Å². The van der Waals surface area contributed by atoms with Crippen LogP contribution < -0.4 is 5.32 Å². The molecule has 1 unspecified atom stereocenters. The zero-order valence-corrected chi connectivity index (χ0v) is 18.8. The van der Waals surface area contributed by atoms with Gasteiger partial charge in [-0.2, -0.15) is 11.8 Å². The van der Waals surface area contributed by atoms with Gasteiger partial charge in [0.1, 0.15) is 5.01 Å². The number of amides is 2. The van der Waals surface area contributed by atoms with E-state index in [2.05, 4.69) is 20.4 Å². The molecular formula is C21H27N5O2S2. The molecule has 160 valence electrons. The summed E-state index contributed by atoms with van der Waals surface area (Å²) >= 11 is 3.22. The van der Waals surface area contributed by atoms with E-state index >= 15 is 0 Å². The van der Waals surface area contributed by atoms with Crippen LogP contribution in [0, 0.1) is 6.92 Å². The van der Waals surface area contributed by atoms with E-state index in [0.29, 0.717) is 18.1 Å². The van der Waals surface area contributed by atoms with E-state index in [0.717, 1.165) is 54.6 Å². The molecule has 0 saturated carbocycles. The number of rotatable bonds is 6. The predicted octanol–water partition coefficient (Wildman–Crippen LogP) is 2.32. The molecule has 2 aromatic rings. The number of benzene rings is 1. The number of nitrogens with zero attached hydrogens (tertiary/aromatic N) is 4. The van der Waals surface area contributed by atoms with Gasteiger partial charge in [0.2, 0.25) is 10.9 Å². The van der Waals surface area contributed by atoms with Crippen LogP contribution in [0.1, 0.15) is 38.8 Å². The fourth-order valence-corrected chi connectivity index (χ4v) is 5.52. The van der Waals surface area contributed by atoms with Crippen molar-refractivity contribution in [1.29, 1.82) is 0 Å². The second kappa shape index (κ2) is 9.89. The van der Waals surface area contributed by atoms with E-state index in [4.69, 9.17) is 0 Å². The minimum absolute atomic E-state index is 0.0733. The summed E-state index contributed by atoms with van der Waals surface area (Å²) in [7, 11) is 0. The first-order valence-corrected chi connectivity index (χ1v) is 12.3. The fourth-order valence-electron chi connectivity index (χ4n) is 3.84. The molecule has 0 radical (unpaired) electrons. The SMILES string of the molecule is Cc1ccc(CNC(=O)c2nnc(CN3CCCC3C(=O)N3CCSCC3)s2)cc1. The van der Waals surface area contributed by atoms with Crippen molar-refractivity contribution in [2.24, 2.45) is 0 Å². The Morgan fingerprint density at radius 1 is 1.13 bits per heavy atom. The molecule has 7 nitrogen and oxygen atoms in total. The van der Waals surface area contributed by atoms with Crippen molar-refractivity contribution in [3.05, 3.63) is 45.4 Å². The molecule has 2 amide bonds. The van der Waals surface area contributed by atoms with Gasteiger partial charge in [0.15, 0.2) is 0 Å². The molecule has 9 heteroatoms. The van der Waals surface area contributed by atoms with Crippen molar-refractivity contribution in [1.82, 2.24) is 25.3 Å². The molecule has 1 N–H and O–H groups in total. The van der Waals surface area contributed by atoms with Crippen LogP contribution >= 0.6 is 23.1 Å². The van der Waals surface area contributed by atoms with E-state index in [-0.39, 0.29) is 17.9 Å². The molecule has 4 rings (SSSR count). The lowest BCUT2D eigenvalue weighted by atomic mass is 10.1. The van der Waals surface area contributed by atoms with E-state index in [9.17, 15) is 9.59 Å². The molecule has 0 spiro atoms. The lowest BCUT2D eigenvalue weighted by molar-refractivity contribution is -0.135. The molecule has 30 heavy (non-hydrogen) atoms. The van der Waals surface area contributed by atoms with E-state index < -0.39 is 0 Å². The van der Waals surface area contributed by atoms with Crippen molar-refractivity contribution in [3.63, 3.8) is 0 Å². The Kier molecular flexibility index (Phi) is 7.01. The summed E-state index contributed by atoms with van der Waals surface area (Å²) in [5.74, 6) is 2.08. The number of carbonyl (C=O) groups is 2. The maximum Gasteiger partial charge on any atom is 0.282 e. The van der Waals surface area contributed by atoms with Crippen molar-refractivity contribution in [2.45, 2.75) is 38.9 Å². The third-order valence-corrected chi connectivity index (χ3v) is 7.39. The quantitative estimate of drug-likeness (QED) is 0.735. The highest BCUT2D eigenvalue weighted by Crippen LogP contribution is 2.24. The first kappa shape index (κ1) is 21.3. The number of hydrogen-bond acceptors (Lipinski definition) is 7. The zero-order valence-electron chi connectivity index (χ0n) is 17.2.